The number of aromatic nitrogens is 4. The molecule has 0 aliphatic heterocycles. The molecule has 1 aromatic carbocycles. The molecule has 0 aliphatic rings. The zero-order valence-electron chi connectivity index (χ0n) is 23.6. The Balaban J connectivity index is 0.000000370. The Hall–Kier alpha value is -4.57. The van der Waals surface area contributed by atoms with Crippen molar-refractivity contribution in [2.75, 3.05) is 7.11 Å². The van der Waals surface area contributed by atoms with Gasteiger partial charge in [-0.05, 0) is 66.7 Å². The molecule has 4 aromatic heterocycles. The standard InChI is InChI=1S/C18H14N2O2.C10H8N2.C2H3N.F6P.Os/c1-22-18(21)15-11-13(16-6-2-4-8-19-16)10-14(12-15)17-7-3-5-9-20-17;1-3-7-11-9(5-1)10-6-2-4-8-12-10;1-2-3;1-7(2,3,4,5)6;/h2-12H,1H3;1-8H;1H3;;/q;;;-1;. The van der Waals surface area contributed by atoms with Gasteiger partial charge in [-0.15, -0.1) is 0 Å². The molecular weight excluding hydrogens is 798 g/mol. The first kappa shape index (κ1) is 38.5. The second-order valence-corrected chi connectivity index (χ2v) is 10.2. The average molecular weight is 823 g/mol. The number of ether oxygens (including phenoxy) is 1. The van der Waals surface area contributed by atoms with Crippen LogP contribution in [0.1, 0.15) is 17.3 Å². The summed E-state index contributed by atoms with van der Waals surface area (Å²) in [6.07, 6.45) is 6.98. The fourth-order valence-electron chi connectivity index (χ4n) is 3.25. The van der Waals surface area contributed by atoms with Crippen molar-refractivity contribution in [3.05, 3.63) is 121 Å². The van der Waals surface area contributed by atoms with Crippen LogP contribution in [0.2, 0.25) is 0 Å². The van der Waals surface area contributed by atoms with Crippen LogP contribution in [-0.4, -0.2) is 33.0 Å². The fourth-order valence-corrected chi connectivity index (χ4v) is 3.25. The van der Waals surface area contributed by atoms with Crippen molar-refractivity contribution in [1.29, 1.82) is 5.26 Å². The molecule has 5 aromatic rings. The third-order valence-corrected chi connectivity index (χ3v) is 4.87. The van der Waals surface area contributed by atoms with E-state index in [4.69, 9.17) is 10.00 Å². The molecule has 45 heavy (non-hydrogen) atoms. The Bertz CT molecular complexity index is 1560. The van der Waals surface area contributed by atoms with Crippen molar-refractivity contribution < 1.29 is 54.5 Å². The van der Waals surface area contributed by atoms with Crippen LogP contribution < -0.4 is 0 Å². The molecule has 4 heterocycles. The van der Waals surface area contributed by atoms with Crippen LogP contribution in [0, 0.1) is 11.3 Å². The molecule has 238 valence electrons. The van der Waals surface area contributed by atoms with Gasteiger partial charge in [-0.1, -0.05) is 24.3 Å². The van der Waals surface area contributed by atoms with Crippen molar-refractivity contribution in [1.82, 2.24) is 19.9 Å². The number of benzene rings is 1. The summed E-state index contributed by atoms with van der Waals surface area (Å²) in [6.45, 7) is 1.43. The molecule has 0 amide bonds. The Morgan fingerprint density at radius 1 is 0.644 bits per heavy atom. The van der Waals surface area contributed by atoms with E-state index in [1.54, 1.807) is 43.0 Å². The number of nitriles is 1. The van der Waals surface area contributed by atoms with Gasteiger partial charge in [0.1, 0.15) is 0 Å². The zero-order chi connectivity index (χ0) is 32.7. The van der Waals surface area contributed by atoms with Crippen molar-refractivity contribution in [3.63, 3.8) is 0 Å². The number of halogens is 6. The third kappa shape index (κ3) is 16.7. The molecular formula is C30H25F6N5O2OsP-. The van der Waals surface area contributed by atoms with Gasteiger partial charge in [-0.25, -0.2) is 4.79 Å². The fraction of sp³-hybridized carbons (Fsp3) is 0.0667. The van der Waals surface area contributed by atoms with Gasteiger partial charge in [0, 0.05) is 62.6 Å². The molecule has 7 nitrogen and oxygen atoms in total. The SMILES string of the molecule is CC#N.COC(=O)c1cc(-c2ccccn2)cc(-c2ccccn2)c1.F[P-](F)(F)(F)(F)F.[Os].c1ccc(-c2ccccn2)nc1. The Kier molecular flexibility index (Phi) is 14.1. The van der Waals surface area contributed by atoms with Crippen LogP contribution in [-0.2, 0) is 24.5 Å². The number of pyridine rings is 4. The zero-order valence-corrected chi connectivity index (χ0v) is 27.0. The maximum absolute atomic E-state index is 11.9. The largest absolute Gasteiger partial charge is 0.255 e. The normalized spacial score (nSPS) is 11.4. The molecule has 0 aliphatic carbocycles. The van der Waals surface area contributed by atoms with Crippen LogP contribution >= 0.6 is 7.81 Å². The van der Waals surface area contributed by atoms with Crippen LogP contribution in [0.4, 0.5) is 25.2 Å². The molecule has 0 spiro atoms. The predicted octanol–water partition coefficient (Wildman–Crippen LogP) is 9.65. The molecule has 0 saturated heterocycles. The maximum Gasteiger partial charge on any atom is 0.0886 e. The summed E-state index contributed by atoms with van der Waals surface area (Å²) in [6, 6.07) is 30.2. The number of carbonyl (C=O) groups excluding carboxylic acids is 1. The molecule has 15 heteroatoms. The topological polar surface area (TPSA) is 102 Å². The van der Waals surface area contributed by atoms with Gasteiger partial charge in [-0.2, -0.15) is 5.26 Å². The quantitative estimate of drug-likeness (QED) is 0.101. The van der Waals surface area contributed by atoms with Crippen LogP contribution in [0.15, 0.2) is 116 Å². The first-order valence-corrected chi connectivity index (χ1v) is 14.4. The summed E-state index contributed by atoms with van der Waals surface area (Å²) in [5, 5.41) is 7.32. The maximum atomic E-state index is 11.9. The van der Waals surface area contributed by atoms with Gasteiger partial charge < -0.3 is 4.74 Å². The molecule has 5 rings (SSSR count). The molecule has 0 saturated carbocycles. The van der Waals surface area contributed by atoms with E-state index in [2.05, 4.69) is 19.9 Å². The summed E-state index contributed by atoms with van der Waals surface area (Å²) in [4.78, 5) is 29.0. The van der Waals surface area contributed by atoms with E-state index in [1.807, 2.05) is 78.9 Å². The summed E-state index contributed by atoms with van der Waals surface area (Å²) in [5.41, 5.74) is 5.60. The first-order valence-electron chi connectivity index (χ1n) is 12.4. The Labute approximate surface area is 268 Å². The number of carbonyl (C=O) groups is 1. The molecule has 0 N–H and O–H groups in total. The number of esters is 1. The second-order valence-electron chi connectivity index (χ2n) is 8.33. The van der Waals surface area contributed by atoms with Gasteiger partial charge in [0.05, 0.1) is 41.5 Å². The van der Waals surface area contributed by atoms with Crippen molar-refractivity contribution >= 4 is 13.8 Å². The van der Waals surface area contributed by atoms with Crippen LogP contribution in [0.25, 0.3) is 33.9 Å². The number of methoxy groups -OCH3 is 1. The van der Waals surface area contributed by atoms with E-state index >= 15 is 0 Å². The average Bonchev–Trinajstić information content (AvgIpc) is 3.01. The predicted molar refractivity (Wildman–Crippen MR) is 157 cm³/mol. The van der Waals surface area contributed by atoms with E-state index in [1.165, 1.54) is 14.0 Å². The van der Waals surface area contributed by atoms with Gasteiger partial charge in [0.2, 0.25) is 0 Å². The number of hydrogen-bond acceptors (Lipinski definition) is 7. The monoisotopic (exact) mass is 824 g/mol. The molecule has 0 fully saturated rings. The Morgan fingerprint density at radius 3 is 1.18 bits per heavy atom. The molecule has 0 atom stereocenters. The minimum absolute atomic E-state index is 0. The van der Waals surface area contributed by atoms with Gasteiger partial charge in [0.25, 0.3) is 0 Å². The molecule has 0 bridgehead atoms. The molecule has 0 unspecified atom stereocenters. The van der Waals surface area contributed by atoms with E-state index in [0.717, 1.165) is 33.9 Å². The van der Waals surface area contributed by atoms with Gasteiger partial charge >= 0.3 is 39.0 Å². The van der Waals surface area contributed by atoms with Crippen molar-refractivity contribution in [2.45, 2.75) is 6.92 Å². The number of rotatable bonds is 4. The van der Waals surface area contributed by atoms with Crippen LogP contribution in [0.5, 0.6) is 0 Å². The summed E-state index contributed by atoms with van der Waals surface area (Å²) in [7, 11) is -9.29. The van der Waals surface area contributed by atoms with E-state index in [0.29, 0.717) is 5.56 Å². The second kappa shape index (κ2) is 16.5. The number of hydrogen-bond donors (Lipinski definition) is 0. The van der Waals surface area contributed by atoms with E-state index in [9.17, 15) is 30.0 Å². The van der Waals surface area contributed by atoms with Crippen LogP contribution in [0.3, 0.4) is 0 Å². The summed E-state index contributed by atoms with van der Waals surface area (Å²) < 4.78 is 64.0. The minimum Gasteiger partial charge on any atom is -0.255 e. The van der Waals surface area contributed by atoms with Gasteiger partial charge in [-0.3, -0.25) is 19.9 Å². The van der Waals surface area contributed by atoms with E-state index < -0.39 is 7.81 Å². The third-order valence-electron chi connectivity index (χ3n) is 4.87. The van der Waals surface area contributed by atoms with Crippen molar-refractivity contribution in [3.8, 4) is 40.0 Å². The first-order chi connectivity index (χ1) is 20.6. The summed E-state index contributed by atoms with van der Waals surface area (Å²) >= 11 is 0. The van der Waals surface area contributed by atoms with Crippen molar-refractivity contribution in [2.24, 2.45) is 0 Å². The van der Waals surface area contributed by atoms with Gasteiger partial charge in [0.15, 0.2) is 0 Å². The summed E-state index contributed by atoms with van der Waals surface area (Å²) in [5.74, 6) is -0.380. The minimum atomic E-state index is -10.7. The van der Waals surface area contributed by atoms with E-state index in [-0.39, 0.29) is 25.8 Å². The Morgan fingerprint density at radius 2 is 0.933 bits per heavy atom. The number of nitrogens with zero attached hydrogens (tertiary/aromatic N) is 5. The molecule has 0 radical (unpaired) electrons. The smallest absolute Gasteiger partial charge is 0.0886 e.